The van der Waals surface area contributed by atoms with Crippen LogP contribution in [0.5, 0.6) is 0 Å². The summed E-state index contributed by atoms with van der Waals surface area (Å²) in [4.78, 5) is 13.1. The lowest BCUT2D eigenvalue weighted by Gasteiger charge is -2.16. The maximum Gasteiger partial charge on any atom is 0.290 e. The van der Waals surface area contributed by atoms with Gasteiger partial charge in [0.15, 0.2) is 5.65 Å². The van der Waals surface area contributed by atoms with Gasteiger partial charge in [0.05, 0.1) is 17.0 Å². The number of hydrogen-bond donors (Lipinski definition) is 2. The fourth-order valence-corrected chi connectivity index (χ4v) is 4.73. The lowest BCUT2D eigenvalue weighted by molar-refractivity contribution is -0.122. The maximum absolute atomic E-state index is 14.9. The highest BCUT2D eigenvalue weighted by molar-refractivity contribution is 6.30. The van der Waals surface area contributed by atoms with Crippen LogP contribution in [0.3, 0.4) is 0 Å². The van der Waals surface area contributed by atoms with Gasteiger partial charge < -0.3 is 10.2 Å². The van der Waals surface area contributed by atoms with Gasteiger partial charge in [-0.2, -0.15) is 5.10 Å². The lowest BCUT2D eigenvalue weighted by atomic mass is 9.90. The first-order valence-corrected chi connectivity index (χ1v) is 13.1. The van der Waals surface area contributed by atoms with E-state index in [9.17, 15) is 4.39 Å². The first-order valence-electron chi connectivity index (χ1n) is 12.7. The predicted octanol–water partition coefficient (Wildman–Crippen LogP) is 7.08. The van der Waals surface area contributed by atoms with E-state index >= 15 is 0 Å². The minimum Gasteiger partial charge on any atom is -0.483 e. The van der Waals surface area contributed by atoms with Crippen molar-refractivity contribution in [3.63, 3.8) is 0 Å². The van der Waals surface area contributed by atoms with Crippen LogP contribution in [0.4, 0.5) is 4.39 Å². The molecule has 0 amide bonds. The minimum absolute atomic E-state index is 0.250. The predicted molar refractivity (Wildman–Crippen MR) is 150 cm³/mol. The van der Waals surface area contributed by atoms with E-state index in [2.05, 4.69) is 25.1 Å². The second-order valence-corrected chi connectivity index (χ2v) is 10.7. The van der Waals surface area contributed by atoms with Crippen LogP contribution in [0.15, 0.2) is 42.5 Å². The summed E-state index contributed by atoms with van der Waals surface area (Å²) < 4.78 is 16.7. The van der Waals surface area contributed by atoms with Crippen LogP contribution in [0.2, 0.25) is 5.02 Å². The minimum atomic E-state index is -0.500. The fourth-order valence-electron chi connectivity index (χ4n) is 4.57. The molecule has 2 aromatic carbocycles. The van der Waals surface area contributed by atoms with Crippen LogP contribution in [-0.4, -0.2) is 36.9 Å². The van der Waals surface area contributed by atoms with E-state index in [0.29, 0.717) is 10.6 Å². The number of benzene rings is 2. The molecule has 8 heteroatoms. The molecule has 38 heavy (non-hydrogen) atoms. The van der Waals surface area contributed by atoms with Crippen molar-refractivity contribution in [2.75, 3.05) is 0 Å². The topological polar surface area (TPSA) is 87.7 Å². The summed E-state index contributed by atoms with van der Waals surface area (Å²) in [5.74, 6) is -0.352. The van der Waals surface area contributed by atoms with Gasteiger partial charge in [-0.05, 0) is 101 Å². The Morgan fingerprint density at radius 1 is 1.08 bits per heavy atom. The van der Waals surface area contributed by atoms with Gasteiger partial charge >= 0.3 is 0 Å². The smallest absolute Gasteiger partial charge is 0.290 e. The maximum atomic E-state index is 14.9. The Kier molecular flexibility index (Phi) is 9.63. The Morgan fingerprint density at radius 2 is 1.71 bits per heavy atom. The number of halogens is 2. The zero-order valence-corrected chi connectivity index (χ0v) is 23.3. The number of aryl methyl sites for hydroxylation is 3. The second-order valence-electron chi connectivity index (χ2n) is 10.3. The summed E-state index contributed by atoms with van der Waals surface area (Å²) in [7, 11) is 0. The molecule has 0 spiro atoms. The average Bonchev–Trinajstić information content (AvgIpc) is 3.26. The van der Waals surface area contributed by atoms with Crippen molar-refractivity contribution in [3.8, 4) is 22.5 Å². The molecule has 0 radical (unpaired) electrons. The molecule has 1 aliphatic carbocycles. The molecule has 1 aliphatic rings. The van der Waals surface area contributed by atoms with Crippen molar-refractivity contribution < 1.29 is 19.4 Å². The standard InChI is InChI=1S/C25H23ClFN3.C4H10O.CH2O2/c1-3-20-15(2)28-24-14-23(18-9-8-16-6-4-5-7-17(16)12-18)29-30(24)25(20)21-11-10-19(26)13-22(21)27;1-4(2,3)5;2-1-3/h8-14H,3-7H2,1-2H3;5H,1-3H3;1H,(H,2,3). The summed E-state index contributed by atoms with van der Waals surface area (Å²) in [5.41, 5.74) is 8.15. The van der Waals surface area contributed by atoms with E-state index in [1.54, 1.807) is 37.4 Å². The highest BCUT2D eigenvalue weighted by Gasteiger charge is 2.20. The van der Waals surface area contributed by atoms with Crippen molar-refractivity contribution >= 4 is 23.7 Å². The molecular formula is C30H35ClFN3O3. The summed E-state index contributed by atoms with van der Waals surface area (Å²) in [6.07, 6.45) is 5.51. The number of hydrogen-bond acceptors (Lipinski definition) is 4. The number of fused-ring (bicyclic) bond motifs is 2. The van der Waals surface area contributed by atoms with Crippen molar-refractivity contribution in [1.29, 1.82) is 0 Å². The van der Waals surface area contributed by atoms with E-state index < -0.39 is 5.60 Å². The normalized spacial score (nSPS) is 12.6. The molecule has 6 nitrogen and oxygen atoms in total. The molecule has 4 aromatic rings. The zero-order chi connectivity index (χ0) is 28.0. The highest BCUT2D eigenvalue weighted by atomic mass is 35.5. The molecule has 0 bridgehead atoms. The summed E-state index contributed by atoms with van der Waals surface area (Å²) >= 11 is 5.99. The summed E-state index contributed by atoms with van der Waals surface area (Å²) in [6, 6.07) is 13.4. The number of nitrogens with zero attached hydrogens (tertiary/aromatic N) is 3. The Morgan fingerprint density at radius 3 is 2.32 bits per heavy atom. The number of carbonyl (C=O) groups is 1. The molecule has 202 valence electrons. The molecule has 2 N–H and O–H groups in total. The highest BCUT2D eigenvalue weighted by Crippen LogP contribution is 2.33. The largest absolute Gasteiger partial charge is 0.483 e. The Labute approximate surface area is 228 Å². The third-order valence-corrected chi connectivity index (χ3v) is 6.33. The molecule has 0 atom stereocenters. The molecule has 2 heterocycles. The third kappa shape index (κ3) is 7.17. The first kappa shape index (κ1) is 29.3. The van der Waals surface area contributed by atoms with Crippen LogP contribution >= 0.6 is 11.6 Å². The second kappa shape index (κ2) is 12.5. The molecular weight excluding hydrogens is 505 g/mol. The number of rotatable bonds is 3. The molecule has 5 rings (SSSR count). The van der Waals surface area contributed by atoms with E-state index in [1.807, 2.05) is 13.0 Å². The molecule has 0 unspecified atom stereocenters. The van der Waals surface area contributed by atoms with Gasteiger partial charge in [-0.3, -0.25) is 4.79 Å². The van der Waals surface area contributed by atoms with E-state index in [4.69, 9.17) is 36.7 Å². The Balaban J connectivity index is 0.000000443. The van der Waals surface area contributed by atoms with Crippen molar-refractivity contribution in [3.05, 3.63) is 75.7 Å². The van der Waals surface area contributed by atoms with E-state index in [-0.39, 0.29) is 12.3 Å². The summed E-state index contributed by atoms with van der Waals surface area (Å²) in [6.45, 7) is 9.01. The quantitative estimate of drug-likeness (QED) is 0.271. The van der Waals surface area contributed by atoms with Crippen molar-refractivity contribution in [1.82, 2.24) is 14.6 Å². The first-order chi connectivity index (χ1) is 18.0. The average molecular weight is 540 g/mol. The van der Waals surface area contributed by atoms with Crippen LogP contribution in [0, 0.1) is 12.7 Å². The van der Waals surface area contributed by atoms with E-state index in [1.165, 1.54) is 30.0 Å². The van der Waals surface area contributed by atoms with Crippen molar-refractivity contribution in [2.45, 2.75) is 72.3 Å². The Bertz CT molecular complexity index is 1420. The molecule has 0 aliphatic heterocycles. The van der Waals surface area contributed by atoms with Gasteiger partial charge in [0.25, 0.3) is 6.47 Å². The number of aliphatic hydroxyl groups is 1. The van der Waals surface area contributed by atoms with Crippen LogP contribution < -0.4 is 0 Å². The number of aromatic nitrogens is 3. The van der Waals surface area contributed by atoms with Crippen LogP contribution in [0.25, 0.3) is 28.2 Å². The lowest BCUT2D eigenvalue weighted by Crippen LogP contribution is -2.10. The van der Waals surface area contributed by atoms with Gasteiger partial charge in [-0.25, -0.2) is 13.9 Å². The van der Waals surface area contributed by atoms with Crippen LogP contribution in [-0.2, 0) is 24.1 Å². The molecule has 0 saturated heterocycles. The molecule has 0 saturated carbocycles. The van der Waals surface area contributed by atoms with Gasteiger partial charge in [0.2, 0.25) is 0 Å². The van der Waals surface area contributed by atoms with Gasteiger partial charge in [0, 0.05) is 27.9 Å². The summed E-state index contributed by atoms with van der Waals surface area (Å²) in [5, 5.41) is 20.7. The third-order valence-electron chi connectivity index (χ3n) is 6.09. The SMILES string of the molecule is CC(C)(C)O.CCc1c(C)nc2cc(-c3ccc4c(c3)CCCC4)nn2c1-c1ccc(Cl)cc1F.O=CO. The van der Waals surface area contributed by atoms with Crippen LogP contribution in [0.1, 0.15) is 62.9 Å². The molecule has 0 fully saturated rings. The van der Waals surface area contributed by atoms with Crippen molar-refractivity contribution in [2.24, 2.45) is 0 Å². The zero-order valence-electron chi connectivity index (χ0n) is 22.6. The monoisotopic (exact) mass is 539 g/mol. The number of carboxylic acid groups (broad SMARTS) is 1. The molecule has 2 aromatic heterocycles. The Hall–Kier alpha value is -3.29. The van der Waals surface area contributed by atoms with Gasteiger partial charge in [0.1, 0.15) is 5.82 Å². The van der Waals surface area contributed by atoms with Gasteiger partial charge in [-0.1, -0.05) is 30.7 Å². The van der Waals surface area contributed by atoms with Gasteiger partial charge in [-0.15, -0.1) is 0 Å². The van der Waals surface area contributed by atoms with E-state index in [0.717, 1.165) is 53.1 Å². The fraction of sp³-hybridized carbons (Fsp3) is 0.367.